The zero-order chi connectivity index (χ0) is 19.0. The molecule has 0 atom stereocenters. The van der Waals surface area contributed by atoms with Crippen LogP contribution in [0.3, 0.4) is 0 Å². The molecule has 0 saturated carbocycles. The predicted molar refractivity (Wildman–Crippen MR) is 108 cm³/mol. The van der Waals surface area contributed by atoms with Crippen LogP contribution in [0.4, 0.5) is 0 Å². The van der Waals surface area contributed by atoms with Gasteiger partial charge in [0.1, 0.15) is 5.82 Å². The van der Waals surface area contributed by atoms with Crippen LogP contribution < -0.4 is 5.56 Å². The lowest BCUT2D eigenvalue weighted by atomic mass is 10.1. The molecule has 0 spiro atoms. The molecular weight excluding hydrogens is 338 g/mol. The number of rotatable bonds is 4. The maximum absolute atomic E-state index is 12.1. The Hall–Kier alpha value is -2.73. The lowest BCUT2D eigenvalue weighted by molar-refractivity contribution is 0.293. The molecule has 6 nitrogen and oxygen atoms in total. The van der Waals surface area contributed by atoms with Crippen molar-refractivity contribution in [2.45, 2.75) is 33.2 Å². The number of hydrogen-bond donors (Lipinski definition) is 1. The molecule has 1 aliphatic rings. The minimum Gasteiger partial charge on any atom is -0.332 e. The summed E-state index contributed by atoms with van der Waals surface area (Å²) < 4.78 is 2.15. The van der Waals surface area contributed by atoms with Gasteiger partial charge in [-0.1, -0.05) is 13.0 Å². The van der Waals surface area contributed by atoms with Gasteiger partial charge in [0.25, 0.3) is 5.56 Å². The van der Waals surface area contributed by atoms with Crippen LogP contribution in [0.5, 0.6) is 0 Å². The maximum atomic E-state index is 12.1. The third kappa shape index (κ3) is 3.45. The summed E-state index contributed by atoms with van der Waals surface area (Å²) in [5.41, 5.74) is 6.03. The normalized spacial score (nSPS) is 15.3. The fourth-order valence-electron chi connectivity index (χ4n) is 3.63. The number of aromatic amines is 1. The van der Waals surface area contributed by atoms with E-state index < -0.39 is 0 Å². The minimum absolute atomic E-state index is 0.0140. The Kier molecular flexibility index (Phi) is 4.66. The van der Waals surface area contributed by atoms with E-state index in [1.54, 1.807) is 0 Å². The Labute approximate surface area is 158 Å². The quantitative estimate of drug-likeness (QED) is 0.774. The second-order valence-electron chi connectivity index (χ2n) is 7.25. The van der Waals surface area contributed by atoms with Gasteiger partial charge < -0.3 is 9.55 Å². The fraction of sp³-hybridized carbons (Fsp3) is 0.381. The second kappa shape index (κ2) is 7.12. The summed E-state index contributed by atoms with van der Waals surface area (Å²) in [6, 6.07) is 3.94. The molecule has 0 aromatic carbocycles. The average Bonchev–Trinajstić information content (AvgIpc) is 3.01. The molecule has 4 rings (SSSR count). The van der Waals surface area contributed by atoms with E-state index in [2.05, 4.69) is 44.5 Å². The summed E-state index contributed by atoms with van der Waals surface area (Å²) in [5.74, 6) is 1.07. The summed E-state index contributed by atoms with van der Waals surface area (Å²) in [4.78, 5) is 26.5. The first-order chi connectivity index (χ1) is 13.0. The van der Waals surface area contributed by atoms with Gasteiger partial charge in [0, 0.05) is 50.3 Å². The minimum atomic E-state index is -0.0140. The molecule has 0 aliphatic carbocycles. The van der Waals surface area contributed by atoms with Gasteiger partial charge in [-0.15, -0.1) is 0 Å². The monoisotopic (exact) mass is 363 g/mol. The Bertz CT molecular complexity index is 1080. The van der Waals surface area contributed by atoms with Crippen LogP contribution in [0.15, 0.2) is 35.4 Å². The lowest BCUT2D eigenvalue weighted by Crippen LogP contribution is -2.28. The van der Waals surface area contributed by atoms with Crippen molar-refractivity contribution >= 4 is 16.6 Å². The Morgan fingerprint density at radius 2 is 2.07 bits per heavy atom. The first-order valence-corrected chi connectivity index (χ1v) is 9.46. The molecule has 27 heavy (non-hydrogen) atoms. The summed E-state index contributed by atoms with van der Waals surface area (Å²) in [6.45, 7) is 6.76. The van der Waals surface area contributed by atoms with Crippen LogP contribution >= 0.6 is 0 Å². The number of nitrogens with zero attached hydrogens (tertiary/aromatic N) is 4. The van der Waals surface area contributed by atoms with E-state index in [-0.39, 0.29) is 5.56 Å². The molecule has 3 aromatic rings. The standard InChI is InChI=1S/C21H25N5O/c1-4-16-10-18-19(24-21(16)27)9-15(12-22-18)13-26-7-5-17(6-8-26)20-23-11-14(2)25(20)3/h5,9-12H,4,6-8,13H2,1-3H3,(H,24,27). The number of aryl methyl sites for hydroxylation is 2. The van der Waals surface area contributed by atoms with E-state index in [0.29, 0.717) is 6.42 Å². The zero-order valence-electron chi connectivity index (χ0n) is 16.1. The van der Waals surface area contributed by atoms with E-state index >= 15 is 0 Å². The van der Waals surface area contributed by atoms with Crippen molar-refractivity contribution in [3.05, 3.63) is 63.6 Å². The van der Waals surface area contributed by atoms with Crippen molar-refractivity contribution in [1.82, 2.24) is 24.4 Å². The number of H-pyrrole nitrogens is 1. The molecule has 0 unspecified atom stereocenters. The van der Waals surface area contributed by atoms with Gasteiger partial charge in [-0.3, -0.25) is 14.7 Å². The summed E-state index contributed by atoms with van der Waals surface area (Å²) in [6.07, 6.45) is 7.82. The molecule has 3 aromatic heterocycles. The van der Waals surface area contributed by atoms with Crippen molar-refractivity contribution in [2.24, 2.45) is 7.05 Å². The summed E-state index contributed by atoms with van der Waals surface area (Å²) in [5, 5.41) is 0. The van der Waals surface area contributed by atoms with Gasteiger partial charge >= 0.3 is 0 Å². The number of fused-ring (bicyclic) bond motifs is 1. The van der Waals surface area contributed by atoms with Crippen LogP contribution in [0.25, 0.3) is 16.6 Å². The molecule has 4 heterocycles. The van der Waals surface area contributed by atoms with Crippen LogP contribution in [-0.2, 0) is 20.0 Å². The predicted octanol–water partition coefficient (Wildman–Crippen LogP) is 2.82. The van der Waals surface area contributed by atoms with Gasteiger partial charge in [-0.25, -0.2) is 4.98 Å². The van der Waals surface area contributed by atoms with Gasteiger partial charge in [0.2, 0.25) is 0 Å². The highest BCUT2D eigenvalue weighted by Crippen LogP contribution is 2.23. The van der Waals surface area contributed by atoms with Crippen molar-refractivity contribution < 1.29 is 0 Å². The van der Waals surface area contributed by atoms with Crippen molar-refractivity contribution in [1.29, 1.82) is 0 Å². The first kappa shape index (κ1) is 17.7. The number of hydrogen-bond acceptors (Lipinski definition) is 4. The average molecular weight is 363 g/mol. The largest absolute Gasteiger partial charge is 0.332 e. The zero-order valence-corrected chi connectivity index (χ0v) is 16.1. The number of aromatic nitrogens is 4. The van der Waals surface area contributed by atoms with Crippen molar-refractivity contribution in [2.75, 3.05) is 13.1 Å². The molecule has 0 amide bonds. The van der Waals surface area contributed by atoms with E-state index in [9.17, 15) is 4.79 Å². The lowest BCUT2D eigenvalue weighted by Gasteiger charge is -2.26. The van der Waals surface area contributed by atoms with Crippen LogP contribution in [0, 0.1) is 6.92 Å². The van der Waals surface area contributed by atoms with Gasteiger partial charge in [0.05, 0.1) is 11.0 Å². The van der Waals surface area contributed by atoms with E-state index in [1.807, 2.05) is 31.5 Å². The third-order valence-corrected chi connectivity index (χ3v) is 5.41. The molecule has 6 heteroatoms. The highest BCUT2D eigenvalue weighted by Gasteiger charge is 2.17. The molecule has 0 saturated heterocycles. The van der Waals surface area contributed by atoms with Gasteiger partial charge in [-0.05, 0) is 43.0 Å². The fourth-order valence-corrected chi connectivity index (χ4v) is 3.63. The third-order valence-electron chi connectivity index (χ3n) is 5.41. The summed E-state index contributed by atoms with van der Waals surface area (Å²) in [7, 11) is 2.07. The van der Waals surface area contributed by atoms with Crippen molar-refractivity contribution in [3.63, 3.8) is 0 Å². The number of imidazole rings is 1. The highest BCUT2D eigenvalue weighted by atomic mass is 16.1. The van der Waals surface area contributed by atoms with Gasteiger partial charge in [0.15, 0.2) is 0 Å². The first-order valence-electron chi connectivity index (χ1n) is 9.46. The Morgan fingerprint density at radius 3 is 2.74 bits per heavy atom. The highest BCUT2D eigenvalue weighted by molar-refractivity contribution is 5.74. The molecular formula is C21H25N5O. The van der Waals surface area contributed by atoms with Crippen LogP contribution in [0.2, 0.25) is 0 Å². The molecule has 0 bridgehead atoms. The number of nitrogens with one attached hydrogen (secondary N) is 1. The second-order valence-corrected chi connectivity index (χ2v) is 7.25. The Morgan fingerprint density at radius 1 is 1.22 bits per heavy atom. The molecule has 0 fully saturated rings. The summed E-state index contributed by atoms with van der Waals surface area (Å²) >= 11 is 0. The van der Waals surface area contributed by atoms with E-state index in [0.717, 1.165) is 54.0 Å². The SMILES string of the molecule is CCc1cc2ncc(CN3CC=C(c4ncc(C)n4C)CC3)cc2[nH]c1=O. The topological polar surface area (TPSA) is 66.8 Å². The molecule has 1 N–H and O–H groups in total. The van der Waals surface area contributed by atoms with E-state index in [4.69, 9.17) is 0 Å². The van der Waals surface area contributed by atoms with Gasteiger partial charge in [-0.2, -0.15) is 0 Å². The Balaban J connectivity index is 1.50. The molecule has 1 aliphatic heterocycles. The maximum Gasteiger partial charge on any atom is 0.251 e. The van der Waals surface area contributed by atoms with Crippen LogP contribution in [0.1, 0.15) is 36.0 Å². The van der Waals surface area contributed by atoms with Crippen molar-refractivity contribution in [3.8, 4) is 0 Å². The molecule has 0 radical (unpaired) electrons. The smallest absolute Gasteiger partial charge is 0.251 e. The van der Waals surface area contributed by atoms with Crippen LogP contribution in [-0.4, -0.2) is 37.5 Å². The van der Waals surface area contributed by atoms with E-state index in [1.165, 1.54) is 11.3 Å². The number of pyridine rings is 2. The molecule has 140 valence electrons.